The monoisotopic (exact) mass is 248 g/mol. The Morgan fingerprint density at radius 1 is 1.06 bits per heavy atom. The fourth-order valence-corrected chi connectivity index (χ4v) is 1.53. The number of rotatable bonds is 4. The van der Waals surface area contributed by atoms with Crippen LogP contribution in [0.3, 0.4) is 0 Å². The second-order valence-electron chi connectivity index (χ2n) is 3.60. The average molecular weight is 249 g/mol. The first-order valence-electron chi connectivity index (χ1n) is 5.47. The topological polar surface area (TPSA) is 35.0 Å². The molecule has 17 heavy (non-hydrogen) atoms. The predicted octanol–water partition coefficient (Wildman–Crippen LogP) is 3.57. The van der Waals surface area contributed by atoms with Crippen molar-refractivity contribution in [1.82, 2.24) is 10.2 Å². The average Bonchev–Trinajstić information content (AvgIpc) is 2.40. The summed E-state index contributed by atoms with van der Waals surface area (Å²) < 4.78 is 5.56. The molecule has 1 heterocycles. The van der Waals surface area contributed by atoms with E-state index in [9.17, 15) is 0 Å². The van der Waals surface area contributed by atoms with Crippen molar-refractivity contribution in [3.63, 3.8) is 0 Å². The van der Waals surface area contributed by atoms with Crippen molar-refractivity contribution >= 4 is 11.6 Å². The van der Waals surface area contributed by atoms with Gasteiger partial charge in [-0.25, -0.2) is 0 Å². The van der Waals surface area contributed by atoms with Crippen molar-refractivity contribution < 1.29 is 4.74 Å². The summed E-state index contributed by atoms with van der Waals surface area (Å²) in [5.74, 6) is 1.59. The summed E-state index contributed by atoms with van der Waals surface area (Å²) in [6.45, 7) is 2.12. The van der Waals surface area contributed by atoms with Crippen LogP contribution in [0, 0.1) is 0 Å². The highest BCUT2D eigenvalue weighted by Crippen LogP contribution is 2.19. The zero-order chi connectivity index (χ0) is 12.1. The molecule has 0 bridgehead atoms. The molecule has 0 saturated carbocycles. The minimum atomic E-state index is 0.360. The van der Waals surface area contributed by atoms with Crippen LogP contribution in [0.2, 0.25) is 0 Å². The summed E-state index contributed by atoms with van der Waals surface area (Å²) >= 11 is 5.63. The van der Waals surface area contributed by atoms with Crippen LogP contribution in [0.4, 0.5) is 0 Å². The number of nitrogens with zero attached hydrogens (tertiary/aromatic N) is 2. The molecule has 0 fully saturated rings. The number of aryl methyl sites for hydroxylation is 1. The van der Waals surface area contributed by atoms with Gasteiger partial charge in [-0.05, 0) is 30.2 Å². The van der Waals surface area contributed by atoms with E-state index in [0.717, 1.165) is 17.9 Å². The summed E-state index contributed by atoms with van der Waals surface area (Å²) in [7, 11) is 0. The molecular formula is C13H13ClN2O. The Balaban J connectivity index is 2.08. The molecule has 4 heteroatoms. The highest BCUT2D eigenvalue weighted by Gasteiger charge is 2.00. The standard InChI is InChI=1S/C13H13ClN2O/c1-2-10-3-6-12(7-4-10)17-13-8-5-11(9-14)15-16-13/h3-8H,2,9H2,1H3. The van der Waals surface area contributed by atoms with E-state index < -0.39 is 0 Å². The van der Waals surface area contributed by atoms with Crippen LogP contribution in [0.25, 0.3) is 0 Å². The van der Waals surface area contributed by atoms with Crippen LogP contribution >= 0.6 is 11.6 Å². The van der Waals surface area contributed by atoms with Crippen LogP contribution < -0.4 is 4.74 Å². The maximum absolute atomic E-state index is 5.63. The molecular weight excluding hydrogens is 236 g/mol. The van der Waals surface area contributed by atoms with Gasteiger partial charge in [-0.3, -0.25) is 0 Å². The van der Waals surface area contributed by atoms with Gasteiger partial charge in [-0.15, -0.1) is 16.7 Å². The number of halogens is 1. The lowest BCUT2D eigenvalue weighted by molar-refractivity contribution is 0.454. The Kier molecular flexibility index (Phi) is 3.94. The maximum atomic E-state index is 5.63. The lowest BCUT2D eigenvalue weighted by atomic mass is 10.2. The number of ether oxygens (including phenoxy) is 1. The Labute approximate surface area is 105 Å². The van der Waals surface area contributed by atoms with E-state index in [-0.39, 0.29) is 0 Å². The van der Waals surface area contributed by atoms with Crippen molar-refractivity contribution in [3.8, 4) is 11.6 Å². The highest BCUT2D eigenvalue weighted by atomic mass is 35.5. The van der Waals surface area contributed by atoms with Crippen molar-refractivity contribution in [2.24, 2.45) is 0 Å². The Morgan fingerprint density at radius 2 is 1.82 bits per heavy atom. The summed E-state index contributed by atoms with van der Waals surface area (Å²) in [6.07, 6.45) is 1.02. The molecule has 3 nitrogen and oxygen atoms in total. The molecule has 0 saturated heterocycles. The minimum Gasteiger partial charge on any atom is -0.438 e. The zero-order valence-corrected chi connectivity index (χ0v) is 10.3. The predicted molar refractivity (Wildman–Crippen MR) is 67.5 cm³/mol. The van der Waals surface area contributed by atoms with Gasteiger partial charge in [0.15, 0.2) is 0 Å². The van der Waals surface area contributed by atoms with E-state index in [1.165, 1.54) is 5.56 Å². The SMILES string of the molecule is CCc1ccc(Oc2ccc(CCl)nn2)cc1. The lowest BCUT2D eigenvalue weighted by Gasteiger charge is -2.04. The Bertz CT molecular complexity index is 422. The second-order valence-corrected chi connectivity index (χ2v) is 3.86. The van der Waals surface area contributed by atoms with Gasteiger partial charge in [0.05, 0.1) is 11.6 Å². The molecule has 0 aliphatic heterocycles. The number of alkyl halides is 1. The number of hydrogen-bond donors (Lipinski definition) is 0. The van der Waals surface area contributed by atoms with E-state index in [1.807, 2.05) is 24.3 Å². The van der Waals surface area contributed by atoms with Crippen LogP contribution in [0.15, 0.2) is 36.4 Å². The minimum absolute atomic E-state index is 0.360. The molecule has 0 N–H and O–H groups in total. The Hall–Kier alpha value is -1.61. The van der Waals surface area contributed by atoms with Crippen LogP contribution in [-0.4, -0.2) is 10.2 Å². The molecule has 2 aromatic rings. The van der Waals surface area contributed by atoms with Gasteiger partial charge in [0.1, 0.15) is 5.75 Å². The van der Waals surface area contributed by atoms with Gasteiger partial charge >= 0.3 is 0 Å². The molecule has 0 radical (unpaired) electrons. The van der Waals surface area contributed by atoms with Gasteiger partial charge in [0, 0.05) is 6.07 Å². The molecule has 88 valence electrons. The third-order valence-electron chi connectivity index (χ3n) is 2.39. The number of hydrogen-bond acceptors (Lipinski definition) is 3. The van der Waals surface area contributed by atoms with Crippen LogP contribution in [0.5, 0.6) is 11.6 Å². The largest absolute Gasteiger partial charge is 0.438 e. The fraction of sp³-hybridized carbons (Fsp3) is 0.231. The highest BCUT2D eigenvalue weighted by molar-refractivity contribution is 6.16. The van der Waals surface area contributed by atoms with Crippen molar-refractivity contribution in [2.45, 2.75) is 19.2 Å². The smallest absolute Gasteiger partial charge is 0.238 e. The maximum Gasteiger partial charge on any atom is 0.238 e. The molecule has 1 aromatic heterocycles. The molecule has 0 aliphatic carbocycles. The quantitative estimate of drug-likeness (QED) is 0.776. The van der Waals surface area contributed by atoms with Gasteiger partial charge in [-0.2, -0.15) is 5.10 Å². The molecule has 0 atom stereocenters. The lowest BCUT2D eigenvalue weighted by Crippen LogP contribution is -1.93. The third-order valence-corrected chi connectivity index (χ3v) is 2.66. The van der Waals surface area contributed by atoms with Crippen molar-refractivity contribution in [3.05, 3.63) is 47.7 Å². The normalized spacial score (nSPS) is 10.2. The number of aromatic nitrogens is 2. The van der Waals surface area contributed by atoms with Crippen LogP contribution in [-0.2, 0) is 12.3 Å². The van der Waals surface area contributed by atoms with Crippen LogP contribution in [0.1, 0.15) is 18.2 Å². The first-order chi connectivity index (χ1) is 8.31. The van der Waals surface area contributed by atoms with E-state index >= 15 is 0 Å². The molecule has 2 rings (SSSR count). The fourth-order valence-electron chi connectivity index (χ4n) is 1.39. The second kappa shape index (κ2) is 5.64. The van der Waals surface area contributed by atoms with Gasteiger partial charge in [0.2, 0.25) is 5.88 Å². The van der Waals surface area contributed by atoms with E-state index in [2.05, 4.69) is 17.1 Å². The van der Waals surface area contributed by atoms with E-state index in [4.69, 9.17) is 16.3 Å². The molecule has 0 aliphatic rings. The van der Waals surface area contributed by atoms with Gasteiger partial charge in [0.25, 0.3) is 0 Å². The van der Waals surface area contributed by atoms with Crippen molar-refractivity contribution in [1.29, 1.82) is 0 Å². The van der Waals surface area contributed by atoms with Gasteiger partial charge < -0.3 is 4.74 Å². The van der Waals surface area contributed by atoms with E-state index in [0.29, 0.717) is 11.8 Å². The summed E-state index contributed by atoms with van der Waals surface area (Å²) in [6, 6.07) is 11.5. The van der Waals surface area contributed by atoms with Crippen molar-refractivity contribution in [2.75, 3.05) is 0 Å². The first kappa shape index (κ1) is 11.9. The molecule has 0 unspecified atom stereocenters. The summed E-state index contributed by atoms with van der Waals surface area (Å²) in [5, 5.41) is 7.85. The molecule has 1 aromatic carbocycles. The van der Waals surface area contributed by atoms with E-state index in [1.54, 1.807) is 12.1 Å². The zero-order valence-electron chi connectivity index (χ0n) is 9.56. The summed E-state index contributed by atoms with van der Waals surface area (Å²) in [4.78, 5) is 0. The first-order valence-corrected chi connectivity index (χ1v) is 6.00. The third kappa shape index (κ3) is 3.17. The van der Waals surface area contributed by atoms with Gasteiger partial charge in [-0.1, -0.05) is 19.1 Å². The Morgan fingerprint density at radius 3 is 2.35 bits per heavy atom. The molecule has 0 spiro atoms. The number of benzene rings is 1. The molecule has 0 amide bonds. The summed E-state index contributed by atoms with van der Waals surface area (Å²) in [5.41, 5.74) is 2.02.